The molecule has 0 radical (unpaired) electrons. The molecular formula is C16H28O2S2. The summed E-state index contributed by atoms with van der Waals surface area (Å²) >= 11 is 3.91. The fourth-order valence-corrected chi connectivity index (χ4v) is 5.66. The number of hydrogen-bond acceptors (Lipinski definition) is 4. The van der Waals surface area contributed by atoms with Crippen molar-refractivity contribution in [1.82, 2.24) is 0 Å². The maximum absolute atomic E-state index is 9.64. The molecule has 2 aliphatic carbocycles. The van der Waals surface area contributed by atoms with Gasteiger partial charge in [-0.05, 0) is 62.4 Å². The first-order valence-electron chi connectivity index (χ1n) is 7.89. The molecular weight excluding hydrogens is 288 g/mol. The summed E-state index contributed by atoms with van der Waals surface area (Å²) in [7, 11) is 0. The van der Waals surface area contributed by atoms with Gasteiger partial charge in [0.2, 0.25) is 0 Å². The second kappa shape index (κ2) is 7.57. The van der Waals surface area contributed by atoms with Crippen molar-refractivity contribution in [2.24, 2.45) is 11.8 Å². The van der Waals surface area contributed by atoms with Crippen LogP contribution in [0.4, 0.5) is 0 Å². The highest BCUT2D eigenvalue weighted by Gasteiger charge is 2.35. The molecule has 116 valence electrons. The van der Waals surface area contributed by atoms with Gasteiger partial charge in [0, 0.05) is 17.1 Å². The van der Waals surface area contributed by atoms with Crippen molar-refractivity contribution in [2.45, 2.75) is 64.1 Å². The Bertz CT molecular complexity index is 332. The average Bonchev–Trinajstić information content (AvgIpc) is 2.45. The lowest BCUT2D eigenvalue weighted by atomic mass is 9.71. The molecule has 2 rings (SSSR count). The largest absolute Gasteiger partial charge is 0.366 e. The summed E-state index contributed by atoms with van der Waals surface area (Å²) in [5.74, 6) is 1.32. The van der Waals surface area contributed by atoms with Crippen LogP contribution >= 0.6 is 23.5 Å². The smallest absolute Gasteiger partial charge is 0.162 e. The summed E-state index contributed by atoms with van der Waals surface area (Å²) < 4.78 is 1.55. The number of aliphatic hydroxyl groups is 2. The number of thioether (sulfide) groups is 2. The van der Waals surface area contributed by atoms with E-state index in [0.29, 0.717) is 12.8 Å². The minimum Gasteiger partial charge on any atom is -0.366 e. The zero-order chi connectivity index (χ0) is 14.6. The van der Waals surface area contributed by atoms with Crippen molar-refractivity contribution in [1.29, 1.82) is 0 Å². The Labute approximate surface area is 131 Å². The van der Waals surface area contributed by atoms with Crippen molar-refractivity contribution < 1.29 is 10.2 Å². The van der Waals surface area contributed by atoms with Crippen LogP contribution in [-0.2, 0) is 0 Å². The van der Waals surface area contributed by atoms with Gasteiger partial charge in [-0.3, -0.25) is 0 Å². The summed E-state index contributed by atoms with van der Waals surface area (Å²) in [6, 6.07) is 0. The number of hydrogen-bond donors (Lipinski definition) is 2. The van der Waals surface area contributed by atoms with E-state index in [4.69, 9.17) is 0 Å². The lowest BCUT2D eigenvalue weighted by Crippen LogP contribution is -2.35. The summed E-state index contributed by atoms with van der Waals surface area (Å²) in [5, 5.41) is 19.3. The molecule has 2 nitrogen and oxygen atoms in total. The molecule has 0 unspecified atom stereocenters. The predicted octanol–water partition coefficient (Wildman–Crippen LogP) is 4.38. The average molecular weight is 317 g/mol. The fraction of sp³-hybridized carbons (Fsp3) is 0.875. The van der Waals surface area contributed by atoms with Crippen molar-refractivity contribution in [3.05, 3.63) is 9.81 Å². The van der Waals surface area contributed by atoms with Crippen LogP contribution in [0.2, 0.25) is 0 Å². The van der Waals surface area contributed by atoms with E-state index < -0.39 is 5.79 Å². The Morgan fingerprint density at radius 2 is 1.65 bits per heavy atom. The van der Waals surface area contributed by atoms with Gasteiger partial charge in [0.05, 0.1) is 0 Å². The Morgan fingerprint density at radius 3 is 2.15 bits per heavy atom. The maximum Gasteiger partial charge on any atom is 0.162 e. The second-order valence-corrected chi connectivity index (χ2v) is 8.53. The van der Waals surface area contributed by atoms with E-state index in [-0.39, 0.29) is 0 Å². The Hall–Kier alpha value is 0.360. The normalized spacial score (nSPS) is 27.6. The third-order valence-corrected chi connectivity index (χ3v) is 7.23. The third-order valence-electron chi connectivity index (χ3n) is 4.88. The molecule has 2 aliphatic rings. The van der Waals surface area contributed by atoms with Gasteiger partial charge >= 0.3 is 0 Å². The predicted molar refractivity (Wildman–Crippen MR) is 89.8 cm³/mol. The van der Waals surface area contributed by atoms with E-state index in [0.717, 1.165) is 24.7 Å². The summed E-state index contributed by atoms with van der Waals surface area (Å²) in [6.45, 7) is 2.23. The van der Waals surface area contributed by atoms with Crippen molar-refractivity contribution in [3.63, 3.8) is 0 Å². The maximum atomic E-state index is 9.64. The van der Waals surface area contributed by atoms with Crippen LogP contribution in [0.25, 0.3) is 0 Å². The van der Waals surface area contributed by atoms with Crippen LogP contribution < -0.4 is 0 Å². The van der Waals surface area contributed by atoms with Gasteiger partial charge < -0.3 is 10.2 Å². The topological polar surface area (TPSA) is 40.5 Å². The molecule has 0 spiro atoms. The highest BCUT2D eigenvalue weighted by molar-refractivity contribution is 8.22. The molecule has 0 saturated heterocycles. The van der Waals surface area contributed by atoms with E-state index in [1.165, 1.54) is 31.4 Å². The van der Waals surface area contributed by atoms with Gasteiger partial charge in [-0.2, -0.15) is 0 Å². The monoisotopic (exact) mass is 316 g/mol. The molecule has 0 aromatic rings. The first-order chi connectivity index (χ1) is 9.55. The van der Waals surface area contributed by atoms with Crippen LogP contribution in [0.3, 0.4) is 0 Å². The Kier molecular flexibility index (Phi) is 6.33. The summed E-state index contributed by atoms with van der Waals surface area (Å²) in [6.07, 6.45) is 10.4. The number of allylic oxidation sites excluding steroid dienone is 1. The molecule has 0 heterocycles. The van der Waals surface area contributed by atoms with Crippen LogP contribution in [0.5, 0.6) is 0 Å². The van der Waals surface area contributed by atoms with E-state index in [9.17, 15) is 10.2 Å². The van der Waals surface area contributed by atoms with Crippen molar-refractivity contribution in [3.8, 4) is 0 Å². The lowest BCUT2D eigenvalue weighted by molar-refractivity contribution is -0.188. The molecule has 0 bridgehead atoms. The molecule has 0 amide bonds. The second-order valence-electron chi connectivity index (χ2n) is 6.19. The van der Waals surface area contributed by atoms with Crippen LogP contribution in [0.15, 0.2) is 9.81 Å². The minimum atomic E-state index is -1.37. The van der Waals surface area contributed by atoms with Crippen LogP contribution in [0, 0.1) is 11.8 Å². The molecule has 2 N–H and O–H groups in total. The quantitative estimate of drug-likeness (QED) is 0.755. The molecule has 0 aromatic heterocycles. The zero-order valence-corrected chi connectivity index (χ0v) is 14.4. The summed E-state index contributed by atoms with van der Waals surface area (Å²) in [5.41, 5.74) is 1.68. The highest BCUT2D eigenvalue weighted by atomic mass is 32.2. The lowest BCUT2D eigenvalue weighted by Gasteiger charge is -2.38. The van der Waals surface area contributed by atoms with Gasteiger partial charge in [0.1, 0.15) is 0 Å². The fourth-order valence-electron chi connectivity index (χ4n) is 3.67. The van der Waals surface area contributed by atoms with Gasteiger partial charge in [0.15, 0.2) is 5.79 Å². The van der Waals surface area contributed by atoms with Gasteiger partial charge in [-0.15, -0.1) is 23.5 Å². The molecule has 2 fully saturated rings. The van der Waals surface area contributed by atoms with Crippen molar-refractivity contribution >= 4 is 23.5 Å². The number of rotatable bonds is 4. The SMILES string of the molecule is CCSC(SC)=C1CCC(C2CCC(O)(O)CC2)CC1. The molecule has 20 heavy (non-hydrogen) atoms. The third kappa shape index (κ3) is 4.43. The van der Waals surface area contributed by atoms with E-state index in [1.807, 2.05) is 23.5 Å². The molecule has 0 aromatic carbocycles. The summed E-state index contributed by atoms with van der Waals surface area (Å²) in [4.78, 5) is 0. The van der Waals surface area contributed by atoms with Gasteiger partial charge in [0.25, 0.3) is 0 Å². The van der Waals surface area contributed by atoms with Crippen molar-refractivity contribution in [2.75, 3.05) is 12.0 Å². The van der Waals surface area contributed by atoms with Gasteiger partial charge in [-0.25, -0.2) is 0 Å². The van der Waals surface area contributed by atoms with E-state index in [1.54, 1.807) is 9.81 Å². The molecule has 0 atom stereocenters. The van der Waals surface area contributed by atoms with Crippen LogP contribution in [0.1, 0.15) is 58.3 Å². The molecule has 4 heteroatoms. The van der Waals surface area contributed by atoms with E-state index in [2.05, 4.69) is 13.2 Å². The zero-order valence-electron chi connectivity index (χ0n) is 12.7. The van der Waals surface area contributed by atoms with Crippen LogP contribution in [-0.4, -0.2) is 28.0 Å². The minimum absolute atomic E-state index is 0.568. The van der Waals surface area contributed by atoms with Gasteiger partial charge in [-0.1, -0.05) is 12.5 Å². The standard InChI is InChI=1S/C16H28O2S2/c1-3-20-15(19-2)14-6-4-12(5-7-14)13-8-10-16(17,18)11-9-13/h12-13,17-18H,3-11H2,1-2H3. The Morgan fingerprint density at radius 1 is 1.10 bits per heavy atom. The molecule has 0 aliphatic heterocycles. The first kappa shape index (κ1) is 16.7. The van der Waals surface area contributed by atoms with E-state index >= 15 is 0 Å². The highest BCUT2D eigenvalue weighted by Crippen LogP contribution is 2.44. The molecule has 2 saturated carbocycles. The first-order valence-corrected chi connectivity index (χ1v) is 10.1. The Balaban J connectivity index is 1.85.